The molecule has 0 saturated carbocycles. The van der Waals surface area contributed by atoms with E-state index in [1.54, 1.807) is 0 Å². The predicted octanol–water partition coefficient (Wildman–Crippen LogP) is 0.962. The van der Waals surface area contributed by atoms with Crippen molar-refractivity contribution in [1.82, 2.24) is 0 Å². The summed E-state index contributed by atoms with van der Waals surface area (Å²) in [5, 5.41) is 0. The molecule has 2 aliphatic rings. The first-order chi connectivity index (χ1) is 5.70. The summed E-state index contributed by atoms with van der Waals surface area (Å²) in [4.78, 5) is 22.1. The van der Waals surface area contributed by atoms with Crippen molar-refractivity contribution in [1.29, 1.82) is 0 Å². The van der Waals surface area contributed by atoms with E-state index in [-0.39, 0.29) is 5.92 Å². The fraction of sp³-hybridized carbons (Fsp3) is 0.333. The second-order valence-electron chi connectivity index (χ2n) is 2.99. The number of esters is 2. The van der Waals surface area contributed by atoms with Crippen LogP contribution < -0.4 is 0 Å². The van der Waals surface area contributed by atoms with Gasteiger partial charge in [0, 0.05) is 5.92 Å². The van der Waals surface area contributed by atoms with Crippen LogP contribution >= 0.6 is 0 Å². The van der Waals surface area contributed by atoms with Gasteiger partial charge in [-0.1, -0.05) is 19.1 Å². The van der Waals surface area contributed by atoms with E-state index >= 15 is 0 Å². The summed E-state index contributed by atoms with van der Waals surface area (Å²) in [6.45, 7) is 1.88. The van der Waals surface area contributed by atoms with Gasteiger partial charge in [-0.25, -0.2) is 9.59 Å². The molecule has 62 valence electrons. The molecule has 1 atom stereocenters. The van der Waals surface area contributed by atoms with E-state index in [4.69, 9.17) is 0 Å². The fourth-order valence-corrected chi connectivity index (χ4v) is 1.57. The van der Waals surface area contributed by atoms with E-state index in [2.05, 4.69) is 4.74 Å². The fourth-order valence-electron chi connectivity index (χ4n) is 1.57. The Morgan fingerprint density at radius 1 is 1.42 bits per heavy atom. The number of ether oxygens (including phenoxy) is 1. The van der Waals surface area contributed by atoms with Crippen molar-refractivity contribution in [3.8, 4) is 0 Å². The molecule has 1 aliphatic carbocycles. The van der Waals surface area contributed by atoms with Crippen molar-refractivity contribution >= 4 is 11.9 Å². The normalized spacial score (nSPS) is 27.6. The largest absolute Gasteiger partial charge is 0.386 e. The van der Waals surface area contributed by atoms with Crippen molar-refractivity contribution in [2.24, 2.45) is 5.92 Å². The molecule has 1 aliphatic heterocycles. The molecule has 0 amide bonds. The molecule has 0 spiro atoms. The molecule has 0 aromatic rings. The van der Waals surface area contributed by atoms with Crippen molar-refractivity contribution in [3.63, 3.8) is 0 Å². The quantitative estimate of drug-likeness (QED) is 0.304. The van der Waals surface area contributed by atoms with Crippen LogP contribution in [0.3, 0.4) is 0 Å². The number of carbonyl (C=O) groups is 2. The van der Waals surface area contributed by atoms with Gasteiger partial charge in [-0.2, -0.15) is 0 Å². The van der Waals surface area contributed by atoms with Gasteiger partial charge in [-0.3, -0.25) is 0 Å². The Hall–Kier alpha value is -1.38. The average Bonchev–Trinajstić information content (AvgIpc) is 2.29. The van der Waals surface area contributed by atoms with Crippen LogP contribution in [0, 0.1) is 5.92 Å². The Kier molecular flexibility index (Phi) is 1.40. The predicted molar refractivity (Wildman–Crippen MR) is 41.0 cm³/mol. The van der Waals surface area contributed by atoms with Gasteiger partial charge in [0.15, 0.2) is 0 Å². The molecular weight excluding hydrogens is 156 g/mol. The minimum Gasteiger partial charge on any atom is -0.386 e. The first-order valence-corrected chi connectivity index (χ1v) is 3.86. The Labute approximate surface area is 69.7 Å². The molecule has 0 aromatic carbocycles. The minimum atomic E-state index is -0.466. The maximum absolute atomic E-state index is 11.1. The van der Waals surface area contributed by atoms with Gasteiger partial charge in [-0.05, 0) is 6.42 Å². The summed E-state index contributed by atoms with van der Waals surface area (Å²) >= 11 is 0. The molecule has 1 heterocycles. The van der Waals surface area contributed by atoms with Gasteiger partial charge < -0.3 is 4.74 Å². The van der Waals surface area contributed by atoms with Gasteiger partial charge in [0.2, 0.25) is 0 Å². The van der Waals surface area contributed by atoms with Crippen LogP contribution in [0.5, 0.6) is 0 Å². The van der Waals surface area contributed by atoms with E-state index in [1.165, 1.54) is 0 Å². The van der Waals surface area contributed by atoms with Gasteiger partial charge in [0.05, 0.1) is 11.1 Å². The zero-order valence-electron chi connectivity index (χ0n) is 6.66. The summed E-state index contributed by atoms with van der Waals surface area (Å²) < 4.78 is 4.49. The van der Waals surface area contributed by atoms with Crippen LogP contribution in [0.15, 0.2) is 23.3 Å². The molecule has 0 aromatic heterocycles. The highest BCUT2D eigenvalue weighted by atomic mass is 16.6. The lowest BCUT2D eigenvalue weighted by Gasteiger charge is -2.09. The molecule has 2 rings (SSSR count). The minimum absolute atomic E-state index is 0.0210. The van der Waals surface area contributed by atoms with E-state index in [0.717, 1.165) is 0 Å². The molecule has 3 nitrogen and oxygen atoms in total. The van der Waals surface area contributed by atoms with Gasteiger partial charge >= 0.3 is 11.9 Å². The van der Waals surface area contributed by atoms with E-state index in [9.17, 15) is 9.59 Å². The average molecular weight is 164 g/mol. The second-order valence-corrected chi connectivity index (χ2v) is 2.99. The highest BCUT2D eigenvalue weighted by Gasteiger charge is 2.35. The van der Waals surface area contributed by atoms with Crippen LogP contribution in [0.25, 0.3) is 0 Å². The molecule has 0 N–H and O–H groups in total. The van der Waals surface area contributed by atoms with Crippen LogP contribution in [0.2, 0.25) is 0 Å². The smallest absolute Gasteiger partial charge is 0.343 e. The summed E-state index contributed by atoms with van der Waals surface area (Å²) in [7, 11) is 0. The van der Waals surface area contributed by atoms with E-state index < -0.39 is 11.9 Å². The van der Waals surface area contributed by atoms with E-state index in [1.807, 2.05) is 19.1 Å². The number of carbonyl (C=O) groups excluding carboxylic acids is 2. The number of hydrogen-bond donors (Lipinski definition) is 0. The topological polar surface area (TPSA) is 43.4 Å². The van der Waals surface area contributed by atoms with Crippen LogP contribution in [-0.4, -0.2) is 11.9 Å². The first kappa shape index (κ1) is 7.28. The Bertz CT molecular complexity index is 323. The lowest BCUT2D eigenvalue weighted by Crippen LogP contribution is -2.08. The summed E-state index contributed by atoms with van der Waals surface area (Å²) in [5.41, 5.74) is 1.08. The molecule has 0 bridgehead atoms. The van der Waals surface area contributed by atoms with Crippen LogP contribution in [0.4, 0.5) is 0 Å². The SMILES string of the molecule is C[C@H]1C=CCC2=C1C(=O)OC2=O. The zero-order chi connectivity index (χ0) is 8.72. The third-order valence-electron chi connectivity index (χ3n) is 2.18. The number of allylic oxidation sites excluding steroid dienone is 2. The van der Waals surface area contributed by atoms with Gasteiger partial charge in [-0.15, -0.1) is 0 Å². The summed E-state index contributed by atoms with van der Waals surface area (Å²) in [5.74, 6) is -0.911. The second kappa shape index (κ2) is 2.30. The Morgan fingerprint density at radius 3 is 2.83 bits per heavy atom. The van der Waals surface area contributed by atoms with Crippen molar-refractivity contribution in [3.05, 3.63) is 23.3 Å². The summed E-state index contributed by atoms with van der Waals surface area (Å²) in [6, 6.07) is 0. The number of cyclic esters (lactones) is 2. The van der Waals surface area contributed by atoms with Crippen molar-refractivity contribution in [2.75, 3.05) is 0 Å². The van der Waals surface area contributed by atoms with Gasteiger partial charge in [0.1, 0.15) is 0 Å². The molecule has 3 heteroatoms. The van der Waals surface area contributed by atoms with Crippen LogP contribution in [0.1, 0.15) is 13.3 Å². The Morgan fingerprint density at radius 2 is 2.17 bits per heavy atom. The highest BCUT2D eigenvalue weighted by molar-refractivity contribution is 6.13. The summed E-state index contributed by atoms with van der Waals surface area (Å²) in [6.07, 6.45) is 4.34. The maximum atomic E-state index is 11.1. The van der Waals surface area contributed by atoms with E-state index in [0.29, 0.717) is 17.6 Å². The lowest BCUT2D eigenvalue weighted by molar-refractivity contribution is -0.151. The molecule has 12 heavy (non-hydrogen) atoms. The Balaban J connectivity index is 2.47. The standard InChI is InChI=1S/C9H8O3/c1-5-3-2-4-6-7(5)9(11)12-8(6)10/h2-3,5H,4H2,1H3/t5-/m0/s1. The third kappa shape index (κ3) is 0.826. The number of rotatable bonds is 0. The number of hydrogen-bond acceptors (Lipinski definition) is 3. The lowest BCUT2D eigenvalue weighted by atomic mass is 9.90. The third-order valence-corrected chi connectivity index (χ3v) is 2.18. The highest BCUT2D eigenvalue weighted by Crippen LogP contribution is 2.31. The van der Waals surface area contributed by atoms with Crippen LogP contribution in [-0.2, 0) is 14.3 Å². The van der Waals surface area contributed by atoms with Crippen molar-refractivity contribution < 1.29 is 14.3 Å². The van der Waals surface area contributed by atoms with Crippen molar-refractivity contribution in [2.45, 2.75) is 13.3 Å². The molecule has 0 unspecified atom stereocenters. The molecule has 0 radical (unpaired) electrons. The monoisotopic (exact) mass is 164 g/mol. The van der Waals surface area contributed by atoms with Gasteiger partial charge in [0.25, 0.3) is 0 Å². The maximum Gasteiger partial charge on any atom is 0.343 e. The first-order valence-electron chi connectivity index (χ1n) is 3.86. The zero-order valence-corrected chi connectivity index (χ0v) is 6.66. The molecular formula is C9H8O3. The molecule has 0 fully saturated rings. The molecule has 0 saturated heterocycles.